The van der Waals surface area contributed by atoms with Crippen LogP contribution in [0.1, 0.15) is 60.9 Å². The molecule has 1 aliphatic heterocycles. The number of H-pyrrole nitrogens is 1. The lowest BCUT2D eigenvalue weighted by Crippen LogP contribution is -2.60. The second-order valence-corrected chi connectivity index (χ2v) is 12.4. The Hall–Kier alpha value is -5.92. The molecule has 1 fully saturated rings. The summed E-state index contributed by atoms with van der Waals surface area (Å²) in [5.41, 5.74) is 5.73. The summed E-state index contributed by atoms with van der Waals surface area (Å²) >= 11 is 0. The zero-order valence-corrected chi connectivity index (χ0v) is 29.1. The number of nitrogens with one attached hydrogen (secondary N) is 6. The van der Waals surface area contributed by atoms with Crippen molar-refractivity contribution in [2.75, 3.05) is 13.1 Å². The normalized spacial score (nSPS) is 16.7. The van der Waals surface area contributed by atoms with Gasteiger partial charge in [0.05, 0.1) is 30.2 Å². The molecule has 0 bridgehead atoms. The Kier molecular flexibility index (Phi) is 14.3. The minimum absolute atomic E-state index is 0.0693. The molecule has 1 saturated heterocycles. The van der Waals surface area contributed by atoms with Crippen LogP contribution in [0.15, 0.2) is 18.7 Å². The van der Waals surface area contributed by atoms with E-state index in [0.717, 1.165) is 0 Å². The number of carbonyl (C=O) groups is 8. The Balaban J connectivity index is 1.77. The average Bonchev–Trinajstić information content (AvgIpc) is 3.79. The van der Waals surface area contributed by atoms with E-state index in [-0.39, 0.29) is 42.6 Å². The molecule has 3 heterocycles. The molecular formula is C32H44N10O10. The number of aryl methyl sites for hydroxylation is 1. The predicted octanol–water partition coefficient (Wildman–Crippen LogP) is -3.63. The van der Waals surface area contributed by atoms with Gasteiger partial charge in [0.15, 0.2) is 6.29 Å². The summed E-state index contributed by atoms with van der Waals surface area (Å²) in [6.45, 7) is 4.84. The minimum Gasteiger partial charge on any atom is -0.505 e. The first-order valence-electron chi connectivity index (χ1n) is 16.4. The second-order valence-electron chi connectivity index (χ2n) is 12.4. The number of carbonyl (C=O) groups excluding carboxylic acids is 8. The summed E-state index contributed by atoms with van der Waals surface area (Å²) < 4.78 is 0. The van der Waals surface area contributed by atoms with E-state index in [0.29, 0.717) is 18.4 Å². The number of aliphatic hydroxyl groups is 1. The third-order valence-corrected chi connectivity index (χ3v) is 8.28. The maximum atomic E-state index is 13.9. The molecule has 282 valence electrons. The molecule has 1 aliphatic rings. The molecular weight excluding hydrogens is 684 g/mol. The van der Waals surface area contributed by atoms with Crippen LogP contribution in [-0.4, -0.2) is 127 Å². The van der Waals surface area contributed by atoms with Gasteiger partial charge < -0.3 is 52.4 Å². The maximum absolute atomic E-state index is 13.9. The summed E-state index contributed by atoms with van der Waals surface area (Å²) in [6, 6.07) is -6.35. The van der Waals surface area contributed by atoms with Crippen molar-refractivity contribution in [3.05, 3.63) is 41.2 Å². The van der Waals surface area contributed by atoms with Crippen molar-refractivity contribution in [1.29, 1.82) is 0 Å². The number of nitrogens with zero attached hydrogens (tertiary/aromatic N) is 3. The van der Waals surface area contributed by atoms with Crippen molar-refractivity contribution >= 4 is 47.6 Å². The second kappa shape index (κ2) is 18.4. The standard InChI is InChI=1S/C32H44N10O10/c1-15-27(47)21(13-43)19(10-35-15)8-22(29(49)36-12-25(33)46)40-28(48)16(2)38-30(50)24-6-5-7-42(24)32(52)23(9-20-11-34-14-37-20)41-31(51)26(17(3)44)39-18(4)45/h10-11,13-14,16-17,22-24,26,44,47H,5-9,12H2,1-4H3,(H2,33,46)(H,34,37)(H,36,49)(H,38,50)(H,39,45)(H,40,48)(H,41,51)/t16-,17-,22+,23+,24+,26+/m1/s1. The van der Waals surface area contributed by atoms with Gasteiger partial charge in [0.2, 0.25) is 41.4 Å². The molecule has 0 saturated carbocycles. The SMILES string of the molecule is CC(=O)N[C@H](C(=O)N[C@@H](Cc1cnc[nH]1)C(=O)N1CCC[C@H]1C(=O)N[C@H](C)C(=O)N[C@@H](Cc1cnc(C)c(O)c1C=O)C(=O)NCC(N)=O)[C@@H](C)O. The van der Waals surface area contributed by atoms with Crippen molar-refractivity contribution < 1.29 is 48.6 Å². The van der Waals surface area contributed by atoms with Crippen molar-refractivity contribution in [2.45, 2.75) is 89.7 Å². The van der Waals surface area contributed by atoms with Gasteiger partial charge in [-0.15, -0.1) is 0 Å². The Morgan fingerprint density at radius 1 is 1.02 bits per heavy atom. The van der Waals surface area contributed by atoms with Crippen LogP contribution in [-0.2, 0) is 46.4 Å². The molecule has 0 radical (unpaired) electrons. The highest BCUT2D eigenvalue weighted by molar-refractivity contribution is 5.97. The van der Waals surface area contributed by atoms with E-state index in [2.05, 4.69) is 41.5 Å². The van der Waals surface area contributed by atoms with Gasteiger partial charge >= 0.3 is 0 Å². The molecule has 20 heteroatoms. The molecule has 0 aromatic carbocycles. The molecule has 52 heavy (non-hydrogen) atoms. The maximum Gasteiger partial charge on any atom is 0.246 e. The Morgan fingerprint density at radius 3 is 2.31 bits per heavy atom. The van der Waals surface area contributed by atoms with Crippen molar-refractivity contribution in [3.63, 3.8) is 0 Å². The van der Waals surface area contributed by atoms with Crippen LogP contribution in [0.3, 0.4) is 0 Å². The van der Waals surface area contributed by atoms with Gasteiger partial charge in [0, 0.05) is 44.4 Å². The number of hydrogen-bond donors (Lipinski definition) is 9. The van der Waals surface area contributed by atoms with Crippen LogP contribution in [0, 0.1) is 6.92 Å². The molecule has 20 nitrogen and oxygen atoms in total. The zero-order chi connectivity index (χ0) is 38.7. The molecule has 3 rings (SSSR count). The van der Waals surface area contributed by atoms with Gasteiger partial charge in [-0.1, -0.05) is 0 Å². The van der Waals surface area contributed by atoms with Crippen molar-refractivity contribution in [3.8, 4) is 5.75 Å². The van der Waals surface area contributed by atoms with E-state index in [4.69, 9.17) is 5.73 Å². The Labute approximate surface area is 298 Å². The Bertz CT molecular complexity index is 1660. The summed E-state index contributed by atoms with van der Waals surface area (Å²) in [7, 11) is 0. The van der Waals surface area contributed by atoms with Crippen molar-refractivity contribution in [2.24, 2.45) is 5.73 Å². The number of aliphatic hydroxyl groups excluding tert-OH is 1. The van der Waals surface area contributed by atoms with Gasteiger partial charge in [-0.3, -0.25) is 43.3 Å². The molecule has 2 aromatic heterocycles. The summed E-state index contributed by atoms with van der Waals surface area (Å²) in [4.78, 5) is 114. The Morgan fingerprint density at radius 2 is 1.71 bits per heavy atom. The number of primary amides is 1. The first kappa shape index (κ1) is 40.5. The number of imidazole rings is 1. The predicted molar refractivity (Wildman–Crippen MR) is 180 cm³/mol. The third kappa shape index (κ3) is 10.8. The van der Waals surface area contributed by atoms with Gasteiger partial charge in [-0.25, -0.2) is 4.98 Å². The fourth-order valence-corrected chi connectivity index (χ4v) is 5.55. The van der Waals surface area contributed by atoms with Gasteiger partial charge in [0.1, 0.15) is 36.0 Å². The highest BCUT2D eigenvalue weighted by atomic mass is 16.3. The number of aromatic amines is 1. The number of rotatable bonds is 17. The third-order valence-electron chi connectivity index (χ3n) is 8.28. The molecule has 0 unspecified atom stereocenters. The quantitative estimate of drug-likeness (QED) is 0.0713. The first-order chi connectivity index (χ1) is 24.5. The number of aldehydes is 1. The largest absolute Gasteiger partial charge is 0.505 e. The van der Waals surface area contributed by atoms with Gasteiger partial charge in [-0.05, 0) is 39.2 Å². The molecule has 7 amide bonds. The van der Waals surface area contributed by atoms with Crippen LogP contribution < -0.4 is 32.3 Å². The lowest BCUT2D eigenvalue weighted by atomic mass is 10.0. The van der Waals surface area contributed by atoms with Gasteiger partial charge in [0.25, 0.3) is 0 Å². The number of pyridine rings is 1. The topological polar surface area (TPSA) is 308 Å². The number of hydrogen-bond acceptors (Lipinski definition) is 12. The molecule has 0 aliphatic carbocycles. The fourth-order valence-electron chi connectivity index (χ4n) is 5.55. The fraction of sp³-hybridized carbons (Fsp3) is 0.500. The van der Waals surface area contributed by atoms with E-state index in [1.165, 1.54) is 51.3 Å². The smallest absolute Gasteiger partial charge is 0.246 e. The minimum atomic E-state index is -1.41. The van der Waals surface area contributed by atoms with Crippen molar-refractivity contribution in [1.82, 2.24) is 46.4 Å². The van der Waals surface area contributed by atoms with Crippen LogP contribution in [0.25, 0.3) is 0 Å². The number of aromatic nitrogens is 3. The summed E-state index contributed by atoms with van der Waals surface area (Å²) in [6.07, 6.45) is 3.37. The molecule has 2 aromatic rings. The monoisotopic (exact) mass is 728 g/mol. The van der Waals surface area contributed by atoms with E-state index in [9.17, 15) is 48.6 Å². The number of aromatic hydroxyl groups is 1. The van der Waals surface area contributed by atoms with E-state index < -0.39 is 90.0 Å². The lowest BCUT2D eigenvalue weighted by Gasteiger charge is -2.30. The number of amides is 7. The highest BCUT2D eigenvalue weighted by Gasteiger charge is 2.40. The van der Waals surface area contributed by atoms with Gasteiger partial charge in [-0.2, -0.15) is 0 Å². The average molecular weight is 729 g/mol. The number of likely N-dealkylation sites (tertiary alicyclic amines) is 1. The summed E-state index contributed by atoms with van der Waals surface area (Å²) in [5.74, 6) is -5.72. The summed E-state index contributed by atoms with van der Waals surface area (Å²) in [5, 5.41) is 32.6. The number of nitrogens with two attached hydrogens (primary N) is 1. The van der Waals surface area contributed by atoms with Crippen LogP contribution in [0.5, 0.6) is 5.75 Å². The van der Waals surface area contributed by atoms with Crippen LogP contribution >= 0.6 is 0 Å². The van der Waals surface area contributed by atoms with E-state index in [1.54, 1.807) is 0 Å². The van der Waals surface area contributed by atoms with E-state index >= 15 is 0 Å². The molecule has 0 spiro atoms. The molecule has 6 atom stereocenters. The zero-order valence-electron chi connectivity index (χ0n) is 29.1. The highest BCUT2D eigenvalue weighted by Crippen LogP contribution is 2.23. The van der Waals surface area contributed by atoms with Crippen LogP contribution in [0.2, 0.25) is 0 Å². The lowest BCUT2D eigenvalue weighted by molar-refractivity contribution is -0.142. The first-order valence-corrected chi connectivity index (χ1v) is 16.4. The van der Waals surface area contributed by atoms with Crippen LogP contribution in [0.4, 0.5) is 0 Å². The molecule has 10 N–H and O–H groups in total. The van der Waals surface area contributed by atoms with E-state index in [1.807, 2.05) is 0 Å².